The molecular formula is C27H21N2O4-. The van der Waals surface area contributed by atoms with Crippen LogP contribution in [0, 0.1) is 28.9 Å². The first-order valence-corrected chi connectivity index (χ1v) is 11.1. The number of carbonyl (C=O) groups is 2. The molecule has 164 valence electrons. The molecular weight excluding hydrogens is 416 g/mol. The van der Waals surface area contributed by atoms with E-state index in [1.165, 1.54) is 12.1 Å². The van der Waals surface area contributed by atoms with Crippen molar-refractivity contribution < 1.29 is 14.8 Å². The number of rotatable bonds is 4. The van der Waals surface area contributed by atoms with Crippen LogP contribution in [0.3, 0.4) is 0 Å². The van der Waals surface area contributed by atoms with Gasteiger partial charge in [0.05, 0.1) is 23.2 Å². The summed E-state index contributed by atoms with van der Waals surface area (Å²) >= 11 is 0. The van der Waals surface area contributed by atoms with Crippen LogP contribution < -0.4 is 10.1 Å². The lowest BCUT2D eigenvalue weighted by molar-refractivity contribution is -0.123. The molecule has 3 aliphatic rings. The summed E-state index contributed by atoms with van der Waals surface area (Å²) in [6, 6.07) is 26.3. The molecule has 0 radical (unpaired) electrons. The van der Waals surface area contributed by atoms with Crippen molar-refractivity contribution in [2.75, 3.05) is 10.1 Å². The SMILES string of the molecule is O=C1[C@@H]2[C@H](C(=O)N1c1ccccc1N([O-])O)[C@H]1C[C@H]2C(c2ccccc2)=C1c1ccccc1. The van der Waals surface area contributed by atoms with Crippen LogP contribution in [0.25, 0.3) is 11.1 Å². The van der Waals surface area contributed by atoms with E-state index >= 15 is 0 Å². The summed E-state index contributed by atoms with van der Waals surface area (Å²) in [7, 11) is 0. The van der Waals surface area contributed by atoms with Crippen LogP contribution in [-0.2, 0) is 9.59 Å². The van der Waals surface area contributed by atoms with Gasteiger partial charge in [-0.05, 0) is 52.7 Å². The lowest BCUT2D eigenvalue weighted by atomic mass is 9.73. The van der Waals surface area contributed by atoms with E-state index < -0.39 is 11.8 Å². The number of benzene rings is 3. The normalized spacial score (nSPS) is 25.7. The van der Waals surface area contributed by atoms with Gasteiger partial charge in [-0.1, -0.05) is 72.8 Å². The second-order valence-electron chi connectivity index (χ2n) is 8.83. The molecule has 6 heteroatoms. The smallest absolute Gasteiger partial charge is 0.238 e. The number of carbonyl (C=O) groups excluding carboxylic acids is 2. The van der Waals surface area contributed by atoms with Gasteiger partial charge in [0.15, 0.2) is 0 Å². The number of nitrogens with zero attached hydrogens (tertiary/aromatic N) is 2. The maximum atomic E-state index is 13.7. The molecule has 6 nitrogen and oxygen atoms in total. The molecule has 2 aliphatic carbocycles. The van der Waals surface area contributed by atoms with Crippen molar-refractivity contribution in [3.63, 3.8) is 0 Å². The summed E-state index contributed by atoms with van der Waals surface area (Å²) < 4.78 is 0. The molecule has 1 heterocycles. The molecule has 3 aromatic rings. The van der Waals surface area contributed by atoms with Gasteiger partial charge in [0.1, 0.15) is 0 Å². The van der Waals surface area contributed by atoms with Gasteiger partial charge in [0.25, 0.3) is 0 Å². The number of fused-ring (bicyclic) bond motifs is 5. The summed E-state index contributed by atoms with van der Waals surface area (Å²) in [6.07, 6.45) is 0.754. The molecule has 1 N–H and O–H groups in total. The molecule has 0 spiro atoms. The number of para-hydroxylation sites is 2. The largest absolute Gasteiger partial charge is 0.733 e. The first-order valence-electron chi connectivity index (χ1n) is 11.1. The molecule has 1 aliphatic heterocycles. The Labute approximate surface area is 190 Å². The Morgan fingerprint density at radius 3 is 1.67 bits per heavy atom. The zero-order valence-electron chi connectivity index (χ0n) is 17.7. The minimum Gasteiger partial charge on any atom is -0.733 e. The summed E-state index contributed by atoms with van der Waals surface area (Å²) in [5.74, 6) is -1.71. The fourth-order valence-corrected chi connectivity index (χ4v) is 6.15. The van der Waals surface area contributed by atoms with Crippen LogP contribution in [0.5, 0.6) is 0 Å². The predicted molar refractivity (Wildman–Crippen MR) is 125 cm³/mol. The van der Waals surface area contributed by atoms with Crippen molar-refractivity contribution >= 4 is 34.3 Å². The summed E-state index contributed by atoms with van der Waals surface area (Å²) in [4.78, 5) is 28.4. The van der Waals surface area contributed by atoms with Crippen molar-refractivity contribution in [2.45, 2.75) is 6.42 Å². The molecule has 1 saturated carbocycles. The molecule has 33 heavy (non-hydrogen) atoms. The number of amides is 2. The highest BCUT2D eigenvalue weighted by Gasteiger charge is 2.64. The molecule has 4 atom stereocenters. The van der Waals surface area contributed by atoms with Gasteiger partial charge in [-0.2, -0.15) is 0 Å². The summed E-state index contributed by atoms with van der Waals surface area (Å²) in [5, 5.41) is 21.0. The lowest BCUT2D eigenvalue weighted by Gasteiger charge is -2.28. The Hall–Kier alpha value is -3.74. The number of hydrogen-bond acceptors (Lipinski definition) is 5. The second-order valence-corrected chi connectivity index (χ2v) is 8.83. The van der Waals surface area contributed by atoms with Gasteiger partial charge in [0, 0.05) is 0 Å². The van der Waals surface area contributed by atoms with Gasteiger partial charge in [-0.15, -0.1) is 0 Å². The van der Waals surface area contributed by atoms with Crippen LogP contribution in [-0.4, -0.2) is 17.0 Å². The summed E-state index contributed by atoms with van der Waals surface area (Å²) in [5.41, 5.74) is 4.42. The average Bonchev–Trinajstić information content (AvgIpc) is 3.49. The fourth-order valence-electron chi connectivity index (χ4n) is 6.15. The van der Waals surface area contributed by atoms with Crippen LogP contribution in [0.2, 0.25) is 0 Å². The van der Waals surface area contributed by atoms with Crippen molar-refractivity contribution in [2.24, 2.45) is 23.7 Å². The predicted octanol–water partition coefficient (Wildman–Crippen LogP) is 4.75. The zero-order valence-corrected chi connectivity index (χ0v) is 17.7. The second kappa shape index (κ2) is 7.40. The first-order chi connectivity index (χ1) is 16.1. The standard InChI is InChI=1S/C27H21N2O4/c30-26-24-18-15-19(25(24)27(31)28(26)20-13-7-8-14-21(20)29(32)33)23(17-11-5-2-6-12-17)22(18)16-9-3-1-4-10-16/h1-14,18-19,24-25,32H,15H2/q-1/t18-,19-,24-,25+/m0/s1. The van der Waals surface area contributed by atoms with Gasteiger partial charge >= 0.3 is 0 Å². The monoisotopic (exact) mass is 437 g/mol. The lowest BCUT2D eigenvalue weighted by Crippen LogP contribution is -2.34. The number of imide groups is 1. The van der Waals surface area contributed by atoms with Crippen LogP contribution >= 0.6 is 0 Å². The third-order valence-electron chi connectivity index (χ3n) is 7.30. The van der Waals surface area contributed by atoms with E-state index in [0.717, 1.165) is 33.6 Å². The maximum Gasteiger partial charge on any atom is 0.238 e. The van der Waals surface area contributed by atoms with Crippen molar-refractivity contribution in [1.29, 1.82) is 0 Å². The minimum absolute atomic E-state index is 0.0799. The third-order valence-corrected chi connectivity index (χ3v) is 7.30. The summed E-state index contributed by atoms with van der Waals surface area (Å²) in [6.45, 7) is 0. The molecule has 2 amide bonds. The Kier molecular flexibility index (Phi) is 4.47. The maximum absolute atomic E-state index is 13.7. The van der Waals surface area contributed by atoms with E-state index in [1.807, 2.05) is 36.4 Å². The van der Waals surface area contributed by atoms with E-state index in [9.17, 15) is 20.0 Å². The van der Waals surface area contributed by atoms with Gasteiger partial charge in [-0.3, -0.25) is 14.8 Å². The number of allylic oxidation sites excluding steroid dienone is 2. The molecule has 2 bridgehead atoms. The molecule has 1 saturated heterocycles. The molecule has 3 aromatic carbocycles. The van der Waals surface area contributed by atoms with E-state index in [0.29, 0.717) is 0 Å². The van der Waals surface area contributed by atoms with E-state index in [4.69, 9.17) is 0 Å². The Bertz CT molecular complexity index is 1210. The average molecular weight is 437 g/mol. The first kappa shape index (κ1) is 19.9. The van der Waals surface area contributed by atoms with Crippen molar-refractivity contribution in [1.82, 2.24) is 0 Å². The minimum atomic E-state index is -0.475. The molecule has 2 fully saturated rings. The van der Waals surface area contributed by atoms with Crippen molar-refractivity contribution in [3.05, 3.63) is 101 Å². The van der Waals surface area contributed by atoms with Crippen LogP contribution in [0.4, 0.5) is 11.4 Å². The third kappa shape index (κ3) is 2.81. The van der Waals surface area contributed by atoms with Gasteiger partial charge < -0.3 is 10.4 Å². The Morgan fingerprint density at radius 2 is 1.18 bits per heavy atom. The van der Waals surface area contributed by atoms with Gasteiger partial charge in [0.2, 0.25) is 11.8 Å². The quantitative estimate of drug-likeness (QED) is 0.471. The van der Waals surface area contributed by atoms with E-state index in [1.54, 1.807) is 12.1 Å². The topological polar surface area (TPSA) is 83.9 Å². The van der Waals surface area contributed by atoms with Crippen LogP contribution in [0.1, 0.15) is 17.5 Å². The highest BCUT2D eigenvalue weighted by Crippen LogP contribution is 2.64. The number of anilines is 2. The van der Waals surface area contributed by atoms with Crippen molar-refractivity contribution in [3.8, 4) is 0 Å². The van der Waals surface area contributed by atoms with E-state index in [-0.39, 0.29) is 40.3 Å². The van der Waals surface area contributed by atoms with Gasteiger partial charge in [-0.25, -0.2) is 4.90 Å². The molecule has 0 unspecified atom stereocenters. The molecule has 0 aromatic heterocycles. The van der Waals surface area contributed by atoms with Crippen LogP contribution in [0.15, 0.2) is 84.9 Å². The highest BCUT2D eigenvalue weighted by atomic mass is 16.8. The molecule has 6 rings (SSSR count). The number of hydrogen-bond donors (Lipinski definition) is 1. The Morgan fingerprint density at radius 1 is 0.727 bits per heavy atom. The zero-order chi connectivity index (χ0) is 22.7. The fraction of sp³-hybridized carbons (Fsp3) is 0.185. The Balaban J connectivity index is 1.49. The highest BCUT2D eigenvalue weighted by molar-refractivity contribution is 6.25. The van der Waals surface area contributed by atoms with E-state index in [2.05, 4.69) is 24.3 Å².